The van der Waals surface area contributed by atoms with Crippen LogP contribution in [-0.2, 0) is 17.6 Å². The first-order chi connectivity index (χ1) is 13.2. The van der Waals surface area contributed by atoms with Crippen molar-refractivity contribution in [3.63, 3.8) is 0 Å². The number of carbonyl (C=O) groups is 1. The van der Waals surface area contributed by atoms with E-state index in [0.717, 1.165) is 42.7 Å². The molecule has 2 aromatic rings. The molecule has 0 aliphatic carbocycles. The molecule has 1 fully saturated rings. The van der Waals surface area contributed by atoms with Crippen molar-refractivity contribution in [1.82, 2.24) is 4.90 Å². The number of amides is 1. The summed E-state index contributed by atoms with van der Waals surface area (Å²) in [5.41, 5.74) is 4.38. The number of hydrogen-bond acceptors (Lipinski definition) is 3. The normalized spacial score (nSPS) is 21.4. The standard InChI is InChI=1S/C23H28N2O2/c26-22(20-8-10-21-19(14-20)9-11-23(27)24-21)16-25-12-4-7-18(15-25)13-17-5-2-1-3-6-17/h1-3,5-6,8,10,14,18,22,26H,4,7,9,11-13,15-16H2,(H,24,27). The van der Waals surface area contributed by atoms with Crippen LogP contribution in [0.2, 0.25) is 0 Å². The van der Waals surface area contributed by atoms with Gasteiger partial charge < -0.3 is 15.3 Å². The SMILES string of the molecule is O=C1CCc2cc(C(O)CN3CCCC(Cc4ccccc4)C3)ccc2N1. The van der Waals surface area contributed by atoms with Gasteiger partial charge in [-0.15, -0.1) is 0 Å². The number of β-amino-alcohol motifs (C(OH)–C–C–N with tert-alkyl or cyclic N) is 1. The number of aryl methyl sites for hydroxylation is 1. The summed E-state index contributed by atoms with van der Waals surface area (Å²) < 4.78 is 0. The van der Waals surface area contributed by atoms with Crippen molar-refractivity contribution < 1.29 is 9.90 Å². The highest BCUT2D eigenvalue weighted by molar-refractivity contribution is 5.93. The van der Waals surface area contributed by atoms with Crippen LogP contribution in [0.5, 0.6) is 0 Å². The Morgan fingerprint density at radius 3 is 2.85 bits per heavy atom. The summed E-state index contributed by atoms with van der Waals surface area (Å²) >= 11 is 0. The lowest BCUT2D eigenvalue weighted by molar-refractivity contribution is -0.116. The van der Waals surface area contributed by atoms with Gasteiger partial charge in [-0.05, 0) is 60.9 Å². The third-order valence-corrected chi connectivity index (χ3v) is 5.81. The molecule has 2 N–H and O–H groups in total. The number of fused-ring (bicyclic) bond motifs is 1. The molecule has 2 atom stereocenters. The highest BCUT2D eigenvalue weighted by Gasteiger charge is 2.23. The zero-order valence-electron chi connectivity index (χ0n) is 15.7. The Hall–Kier alpha value is -2.17. The Morgan fingerprint density at radius 2 is 2.00 bits per heavy atom. The molecule has 2 unspecified atom stereocenters. The number of nitrogens with zero attached hydrogens (tertiary/aromatic N) is 1. The molecular formula is C23H28N2O2. The molecular weight excluding hydrogens is 336 g/mol. The molecule has 2 aliphatic heterocycles. The monoisotopic (exact) mass is 364 g/mol. The van der Waals surface area contributed by atoms with Gasteiger partial charge >= 0.3 is 0 Å². The topological polar surface area (TPSA) is 52.6 Å². The summed E-state index contributed by atoms with van der Waals surface area (Å²) in [7, 11) is 0. The van der Waals surface area contributed by atoms with Gasteiger partial charge in [-0.25, -0.2) is 0 Å². The zero-order chi connectivity index (χ0) is 18.6. The average molecular weight is 364 g/mol. The molecule has 0 saturated carbocycles. The summed E-state index contributed by atoms with van der Waals surface area (Å²) in [6.07, 6.45) is 4.38. The number of benzene rings is 2. The van der Waals surface area contributed by atoms with Gasteiger partial charge in [0.2, 0.25) is 5.91 Å². The number of aliphatic hydroxyl groups excluding tert-OH is 1. The number of aliphatic hydroxyl groups is 1. The van der Waals surface area contributed by atoms with Crippen molar-refractivity contribution in [2.75, 3.05) is 25.0 Å². The minimum Gasteiger partial charge on any atom is -0.387 e. The molecule has 1 amide bonds. The van der Waals surface area contributed by atoms with Crippen LogP contribution < -0.4 is 5.32 Å². The van der Waals surface area contributed by atoms with Gasteiger partial charge in [-0.1, -0.05) is 42.5 Å². The summed E-state index contributed by atoms with van der Waals surface area (Å²) in [4.78, 5) is 13.9. The van der Waals surface area contributed by atoms with Crippen LogP contribution in [0.3, 0.4) is 0 Å². The Balaban J connectivity index is 1.36. The maximum absolute atomic E-state index is 11.5. The molecule has 4 nitrogen and oxygen atoms in total. The van der Waals surface area contributed by atoms with E-state index in [4.69, 9.17) is 0 Å². The molecule has 0 aromatic heterocycles. The minimum atomic E-state index is -0.483. The van der Waals surface area contributed by atoms with Crippen molar-refractivity contribution in [2.45, 2.75) is 38.2 Å². The van der Waals surface area contributed by atoms with Crippen LogP contribution in [0.4, 0.5) is 5.69 Å². The van der Waals surface area contributed by atoms with E-state index < -0.39 is 6.10 Å². The third kappa shape index (κ3) is 4.57. The van der Waals surface area contributed by atoms with Gasteiger partial charge in [0.25, 0.3) is 0 Å². The minimum absolute atomic E-state index is 0.0774. The van der Waals surface area contributed by atoms with E-state index in [1.165, 1.54) is 18.4 Å². The van der Waals surface area contributed by atoms with E-state index in [-0.39, 0.29) is 5.91 Å². The van der Waals surface area contributed by atoms with E-state index in [1.807, 2.05) is 12.1 Å². The Bertz CT molecular complexity index is 790. The third-order valence-electron chi connectivity index (χ3n) is 5.81. The van der Waals surface area contributed by atoms with Crippen molar-refractivity contribution in [1.29, 1.82) is 0 Å². The predicted octanol–water partition coefficient (Wildman–Crippen LogP) is 3.56. The maximum Gasteiger partial charge on any atom is 0.224 e. The predicted molar refractivity (Wildman–Crippen MR) is 108 cm³/mol. The summed E-state index contributed by atoms with van der Waals surface area (Å²) in [6, 6.07) is 16.6. The summed E-state index contributed by atoms with van der Waals surface area (Å²) in [5, 5.41) is 13.7. The molecule has 27 heavy (non-hydrogen) atoms. The lowest BCUT2D eigenvalue weighted by atomic mass is 9.91. The Kier molecular flexibility index (Phi) is 5.55. The van der Waals surface area contributed by atoms with Crippen LogP contribution in [0.15, 0.2) is 48.5 Å². The first kappa shape index (κ1) is 18.2. The van der Waals surface area contributed by atoms with Gasteiger partial charge in [0.15, 0.2) is 0 Å². The number of likely N-dealkylation sites (tertiary alicyclic amines) is 1. The largest absolute Gasteiger partial charge is 0.387 e. The fraction of sp³-hybridized carbons (Fsp3) is 0.435. The van der Waals surface area contributed by atoms with Crippen LogP contribution >= 0.6 is 0 Å². The molecule has 1 saturated heterocycles. The molecule has 2 aliphatic rings. The highest BCUT2D eigenvalue weighted by atomic mass is 16.3. The number of nitrogens with one attached hydrogen (secondary N) is 1. The zero-order valence-corrected chi connectivity index (χ0v) is 15.7. The smallest absolute Gasteiger partial charge is 0.224 e. The van der Waals surface area contributed by atoms with E-state index >= 15 is 0 Å². The number of hydrogen-bond donors (Lipinski definition) is 2. The van der Waals surface area contributed by atoms with E-state index in [9.17, 15) is 9.90 Å². The summed E-state index contributed by atoms with van der Waals surface area (Å²) in [6.45, 7) is 2.78. The van der Waals surface area contributed by atoms with Gasteiger partial charge in [-0.3, -0.25) is 4.79 Å². The maximum atomic E-state index is 11.5. The van der Waals surface area contributed by atoms with E-state index in [1.54, 1.807) is 0 Å². The molecule has 0 spiro atoms. The molecule has 2 aromatic carbocycles. The van der Waals surface area contributed by atoms with E-state index in [0.29, 0.717) is 18.9 Å². The number of carbonyl (C=O) groups excluding carboxylic acids is 1. The van der Waals surface area contributed by atoms with Crippen molar-refractivity contribution in [3.8, 4) is 0 Å². The fourth-order valence-electron chi connectivity index (χ4n) is 4.39. The molecule has 4 rings (SSSR count). The average Bonchev–Trinajstić information content (AvgIpc) is 2.68. The van der Waals surface area contributed by atoms with Crippen molar-refractivity contribution in [3.05, 3.63) is 65.2 Å². The molecule has 0 bridgehead atoms. The first-order valence-electron chi connectivity index (χ1n) is 10.0. The second-order valence-electron chi connectivity index (χ2n) is 7.94. The number of piperidine rings is 1. The van der Waals surface area contributed by atoms with Crippen molar-refractivity contribution >= 4 is 11.6 Å². The van der Waals surface area contributed by atoms with Gasteiger partial charge in [0, 0.05) is 25.2 Å². The van der Waals surface area contributed by atoms with Crippen LogP contribution in [0.1, 0.15) is 42.1 Å². The molecule has 142 valence electrons. The second kappa shape index (κ2) is 8.24. The Morgan fingerprint density at radius 1 is 1.15 bits per heavy atom. The van der Waals surface area contributed by atoms with Gasteiger partial charge in [-0.2, -0.15) is 0 Å². The van der Waals surface area contributed by atoms with E-state index in [2.05, 4.69) is 46.6 Å². The van der Waals surface area contributed by atoms with Crippen LogP contribution in [-0.4, -0.2) is 35.5 Å². The van der Waals surface area contributed by atoms with Gasteiger partial charge in [0.1, 0.15) is 0 Å². The first-order valence-corrected chi connectivity index (χ1v) is 10.0. The lowest BCUT2D eigenvalue weighted by Gasteiger charge is -2.34. The second-order valence-corrected chi connectivity index (χ2v) is 7.94. The van der Waals surface area contributed by atoms with Crippen LogP contribution in [0, 0.1) is 5.92 Å². The molecule has 4 heteroatoms. The fourth-order valence-corrected chi connectivity index (χ4v) is 4.39. The van der Waals surface area contributed by atoms with Crippen LogP contribution in [0.25, 0.3) is 0 Å². The van der Waals surface area contributed by atoms with Gasteiger partial charge in [0.05, 0.1) is 6.10 Å². The lowest BCUT2D eigenvalue weighted by Crippen LogP contribution is -2.38. The molecule has 2 heterocycles. The Labute approximate surface area is 161 Å². The highest BCUT2D eigenvalue weighted by Crippen LogP contribution is 2.28. The number of rotatable bonds is 5. The summed E-state index contributed by atoms with van der Waals surface area (Å²) in [5.74, 6) is 0.737. The molecule has 0 radical (unpaired) electrons. The quantitative estimate of drug-likeness (QED) is 0.853. The number of anilines is 1. The van der Waals surface area contributed by atoms with Crippen molar-refractivity contribution in [2.24, 2.45) is 5.92 Å².